The van der Waals surface area contributed by atoms with E-state index in [1.165, 1.54) is 11.6 Å². The second kappa shape index (κ2) is 11.0. The van der Waals surface area contributed by atoms with E-state index in [9.17, 15) is 14.9 Å². The van der Waals surface area contributed by atoms with Gasteiger partial charge in [-0.2, -0.15) is 0 Å². The predicted molar refractivity (Wildman–Crippen MR) is 149 cm³/mol. The molecular weight excluding hydrogens is 480 g/mol. The lowest BCUT2D eigenvalue weighted by molar-refractivity contribution is -0.384. The summed E-state index contributed by atoms with van der Waals surface area (Å²) < 4.78 is 5.52. The molecule has 1 fully saturated rings. The third-order valence-electron chi connectivity index (χ3n) is 7.51. The van der Waals surface area contributed by atoms with Crippen LogP contribution in [-0.4, -0.2) is 54.0 Å². The predicted octanol–water partition coefficient (Wildman–Crippen LogP) is 5.52. The van der Waals surface area contributed by atoms with Crippen molar-refractivity contribution >= 4 is 28.2 Å². The third kappa shape index (κ3) is 4.94. The molecule has 0 spiro atoms. The Bertz CT molecular complexity index is 1460. The number of hydrogen-bond acceptors (Lipinski definition) is 5. The number of nitrogens with zero attached hydrogens (tertiary/aromatic N) is 3. The van der Waals surface area contributed by atoms with E-state index in [4.69, 9.17) is 4.74 Å². The minimum absolute atomic E-state index is 0.0273. The Hall–Kier alpha value is -4.33. The molecule has 1 aromatic heterocycles. The molecule has 196 valence electrons. The van der Waals surface area contributed by atoms with Gasteiger partial charge in [-0.25, -0.2) is 0 Å². The van der Waals surface area contributed by atoms with Gasteiger partial charge < -0.3 is 19.5 Å². The number of benzene rings is 3. The number of H-pyrrole nitrogens is 1. The summed E-state index contributed by atoms with van der Waals surface area (Å²) >= 11 is 0. The largest absolute Gasteiger partial charge is 0.495 e. The molecule has 1 aliphatic rings. The normalized spacial score (nSPS) is 14.5. The molecule has 1 amide bonds. The molecule has 1 saturated heterocycles. The Balaban J connectivity index is 1.41. The molecule has 0 radical (unpaired) electrons. The van der Waals surface area contributed by atoms with Crippen LogP contribution < -0.4 is 9.64 Å². The first-order valence-electron chi connectivity index (χ1n) is 13.0. The van der Waals surface area contributed by atoms with Gasteiger partial charge in [-0.05, 0) is 35.2 Å². The van der Waals surface area contributed by atoms with Gasteiger partial charge in [-0.15, -0.1) is 0 Å². The van der Waals surface area contributed by atoms with Gasteiger partial charge in [0.15, 0.2) is 0 Å². The molecule has 0 saturated carbocycles. The van der Waals surface area contributed by atoms with Gasteiger partial charge in [-0.3, -0.25) is 14.9 Å². The number of anilines is 1. The molecule has 3 aromatic carbocycles. The number of non-ortho nitro benzene ring substituents is 1. The van der Waals surface area contributed by atoms with Crippen LogP contribution >= 0.6 is 0 Å². The number of nitrogens with one attached hydrogen (secondary N) is 1. The number of aryl methyl sites for hydroxylation is 1. The number of fused-ring (bicyclic) bond motifs is 1. The molecule has 8 nitrogen and oxygen atoms in total. The first-order chi connectivity index (χ1) is 18.5. The van der Waals surface area contributed by atoms with Crippen molar-refractivity contribution in [2.24, 2.45) is 0 Å². The van der Waals surface area contributed by atoms with Crippen LogP contribution in [0.25, 0.3) is 10.9 Å². The van der Waals surface area contributed by atoms with Crippen LogP contribution in [0, 0.1) is 10.1 Å². The SMILES string of the molecule is CCc1cccc2c([C@@H](CC(=O)N3CCN(c4ccccc4OC)CC3)c3cccc([N+](=O)[O-])c3)c[nH]c12. The van der Waals surface area contributed by atoms with Crippen LogP contribution in [-0.2, 0) is 11.2 Å². The number of piperazine rings is 1. The number of ether oxygens (including phenoxy) is 1. The molecule has 1 aliphatic heterocycles. The van der Waals surface area contributed by atoms with Crippen molar-refractivity contribution in [3.8, 4) is 5.75 Å². The fourth-order valence-electron chi connectivity index (χ4n) is 5.48. The molecule has 0 unspecified atom stereocenters. The van der Waals surface area contributed by atoms with Crippen molar-refractivity contribution in [2.45, 2.75) is 25.7 Å². The third-order valence-corrected chi connectivity index (χ3v) is 7.51. The lowest BCUT2D eigenvalue weighted by atomic mass is 9.87. The summed E-state index contributed by atoms with van der Waals surface area (Å²) in [6.45, 7) is 4.74. The second-order valence-corrected chi connectivity index (χ2v) is 9.59. The van der Waals surface area contributed by atoms with Crippen molar-refractivity contribution in [3.63, 3.8) is 0 Å². The van der Waals surface area contributed by atoms with Crippen molar-refractivity contribution in [1.82, 2.24) is 9.88 Å². The van der Waals surface area contributed by atoms with E-state index in [1.807, 2.05) is 47.5 Å². The lowest BCUT2D eigenvalue weighted by Gasteiger charge is -2.37. The number of nitro groups is 1. The molecule has 4 aromatic rings. The summed E-state index contributed by atoms with van der Waals surface area (Å²) in [5, 5.41) is 12.6. The minimum atomic E-state index is -0.385. The summed E-state index contributed by atoms with van der Waals surface area (Å²) in [7, 11) is 1.67. The van der Waals surface area contributed by atoms with Crippen LogP contribution in [0.1, 0.15) is 36.0 Å². The Morgan fingerprint density at radius 1 is 1.05 bits per heavy atom. The highest BCUT2D eigenvalue weighted by molar-refractivity contribution is 5.88. The van der Waals surface area contributed by atoms with E-state index in [1.54, 1.807) is 19.2 Å². The van der Waals surface area contributed by atoms with Gasteiger partial charge in [0.2, 0.25) is 5.91 Å². The number of nitro benzene ring substituents is 1. The van der Waals surface area contributed by atoms with E-state index in [-0.39, 0.29) is 28.9 Å². The van der Waals surface area contributed by atoms with Crippen LogP contribution in [0.2, 0.25) is 0 Å². The minimum Gasteiger partial charge on any atom is -0.495 e. The quantitative estimate of drug-likeness (QED) is 0.248. The maximum atomic E-state index is 13.7. The molecule has 38 heavy (non-hydrogen) atoms. The number of carbonyl (C=O) groups is 1. The van der Waals surface area contributed by atoms with Gasteiger partial charge >= 0.3 is 0 Å². The van der Waals surface area contributed by atoms with Crippen molar-refractivity contribution in [3.05, 3.63) is 99.7 Å². The van der Waals surface area contributed by atoms with Gasteiger partial charge in [0, 0.05) is 67.8 Å². The molecule has 1 N–H and O–H groups in total. The molecular formula is C30H32N4O4. The zero-order valence-electron chi connectivity index (χ0n) is 21.7. The summed E-state index contributed by atoms with van der Waals surface area (Å²) in [5.74, 6) is 0.557. The van der Waals surface area contributed by atoms with E-state index >= 15 is 0 Å². The van der Waals surface area contributed by atoms with Gasteiger partial charge in [0.1, 0.15) is 5.75 Å². The number of amides is 1. The van der Waals surface area contributed by atoms with Crippen LogP contribution in [0.15, 0.2) is 72.9 Å². The number of para-hydroxylation sites is 3. The smallest absolute Gasteiger partial charge is 0.269 e. The van der Waals surface area contributed by atoms with E-state index < -0.39 is 0 Å². The highest BCUT2D eigenvalue weighted by atomic mass is 16.6. The van der Waals surface area contributed by atoms with Crippen molar-refractivity contribution in [2.75, 3.05) is 38.2 Å². The molecule has 1 atom stereocenters. The standard InChI is InChI=1S/C30H32N4O4/c1-3-21-8-7-11-24-26(20-31-30(21)24)25(22-9-6-10-23(18-22)34(36)37)19-29(35)33-16-14-32(15-17-33)27-12-4-5-13-28(27)38-2/h4-13,18,20,25,31H,3,14-17,19H2,1-2H3/t25-/m0/s1. The van der Waals surface area contributed by atoms with Crippen LogP contribution in [0.5, 0.6) is 5.75 Å². The first-order valence-corrected chi connectivity index (χ1v) is 13.0. The summed E-state index contributed by atoms with van der Waals surface area (Å²) in [4.78, 5) is 32.4. The van der Waals surface area contributed by atoms with E-state index in [2.05, 4.69) is 28.9 Å². The summed E-state index contributed by atoms with van der Waals surface area (Å²) in [5.41, 5.74) is 5.06. The van der Waals surface area contributed by atoms with Gasteiger partial charge in [-0.1, -0.05) is 49.4 Å². The van der Waals surface area contributed by atoms with Gasteiger partial charge in [0.25, 0.3) is 5.69 Å². The molecule has 0 aliphatic carbocycles. The Labute approximate surface area is 222 Å². The zero-order chi connectivity index (χ0) is 26.6. The van der Waals surface area contributed by atoms with E-state index in [0.717, 1.165) is 39.9 Å². The fourth-order valence-corrected chi connectivity index (χ4v) is 5.48. The van der Waals surface area contributed by atoms with Gasteiger partial charge in [0.05, 0.1) is 17.7 Å². The average molecular weight is 513 g/mol. The van der Waals surface area contributed by atoms with Crippen LogP contribution in [0.4, 0.5) is 11.4 Å². The fraction of sp³-hybridized carbons (Fsp3) is 0.300. The zero-order valence-corrected chi connectivity index (χ0v) is 21.7. The molecule has 0 bridgehead atoms. The highest BCUT2D eigenvalue weighted by Crippen LogP contribution is 2.36. The Morgan fingerprint density at radius 2 is 1.82 bits per heavy atom. The number of aromatic amines is 1. The topological polar surface area (TPSA) is 91.7 Å². The first kappa shape index (κ1) is 25.3. The average Bonchev–Trinajstić information content (AvgIpc) is 3.40. The maximum Gasteiger partial charge on any atom is 0.269 e. The number of rotatable bonds is 8. The van der Waals surface area contributed by atoms with Crippen molar-refractivity contribution < 1.29 is 14.5 Å². The Morgan fingerprint density at radius 3 is 2.55 bits per heavy atom. The van der Waals surface area contributed by atoms with Crippen LogP contribution in [0.3, 0.4) is 0 Å². The van der Waals surface area contributed by atoms with Crippen molar-refractivity contribution in [1.29, 1.82) is 0 Å². The van der Waals surface area contributed by atoms with E-state index in [0.29, 0.717) is 26.2 Å². The monoisotopic (exact) mass is 512 g/mol. The lowest BCUT2D eigenvalue weighted by Crippen LogP contribution is -2.49. The molecule has 5 rings (SSSR count). The Kier molecular flexibility index (Phi) is 7.31. The second-order valence-electron chi connectivity index (χ2n) is 9.59. The molecule has 2 heterocycles. The number of aromatic nitrogens is 1. The number of hydrogen-bond donors (Lipinski definition) is 1. The number of carbonyl (C=O) groups excluding carboxylic acids is 1. The number of methoxy groups -OCH3 is 1. The highest BCUT2D eigenvalue weighted by Gasteiger charge is 2.28. The maximum absolute atomic E-state index is 13.7. The molecule has 8 heteroatoms. The summed E-state index contributed by atoms with van der Waals surface area (Å²) in [6.07, 6.45) is 3.08. The summed E-state index contributed by atoms with van der Waals surface area (Å²) in [6, 6.07) is 20.8.